The number of aliphatic carboxylic acids is 1. The average molecular weight is 386 g/mol. The fourth-order valence-electron chi connectivity index (χ4n) is 4.07. The molecule has 0 saturated heterocycles. The maximum Gasteiger partial charge on any atom is 0.306 e. The highest BCUT2D eigenvalue weighted by Crippen LogP contribution is 2.32. The van der Waals surface area contributed by atoms with Gasteiger partial charge in [-0.3, -0.25) is 4.79 Å². The van der Waals surface area contributed by atoms with Crippen LogP contribution >= 0.6 is 0 Å². The second-order valence-corrected chi connectivity index (χ2v) is 7.91. The first kappa shape index (κ1) is 19.3. The molecule has 0 radical (unpaired) electrons. The second kappa shape index (κ2) is 8.52. The van der Waals surface area contributed by atoms with Gasteiger partial charge in [0.05, 0.1) is 5.92 Å². The van der Waals surface area contributed by atoms with Crippen molar-refractivity contribution in [2.75, 3.05) is 0 Å². The van der Waals surface area contributed by atoms with Crippen molar-refractivity contribution in [1.82, 2.24) is 0 Å². The molecule has 0 aromatic heterocycles. The van der Waals surface area contributed by atoms with Crippen LogP contribution < -0.4 is 4.74 Å². The zero-order chi connectivity index (χ0) is 20.2. The van der Waals surface area contributed by atoms with Crippen molar-refractivity contribution in [2.45, 2.75) is 32.8 Å². The van der Waals surface area contributed by atoms with E-state index in [1.54, 1.807) is 0 Å². The predicted octanol–water partition coefficient (Wildman–Crippen LogP) is 5.76. The van der Waals surface area contributed by atoms with Crippen molar-refractivity contribution in [3.8, 4) is 16.9 Å². The SMILES string of the molecule is CC(C(=O)O)C1CCc2cc(OCc3ccc(-c4ccccc4)cc3)ccc2C1. The predicted molar refractivity (Wildman–Crippen MR) is 115 cm³/mol. The molecular weight excluding hydrogens is 360 g/mol. The molecule has 1 aliphatic carbocycles. The highest BCUT2D eigenvalue weighted by atomic mass is 16.5. The Labute approximate surface area is 172 Å². The molecule has 148 valence electrons. The molecule has 0 bridgehead atoms. The van der Waals surface area contributed by atoms with E-state index in [9.17, 15) is 9.90 Å². The first-order valence-electron chi connectivity index (χ1n) is 10.2. The molecule has 2 unspecified atom stereocenters. The van der Waals surface area contributed by atoms with Gasteiger partial charge in [0.15, 0.2) is 0 Å². The van der Waals surface area contributed by atoms with Gasteiger partial charge in [0.1, 0.15) is 12.4 Å². The van der Waals surface area contributed by atoms with Crippen molar-refractivity contribution in [3.63, 3.8) is 0 Å². The molecule has 0 spiro atoms. The van der Waals surface area contributed by atoms with E-state index in [1.165, 1.54) is 22.3 Å². The second-order valence-electron chi connectivity index (χ2n) is 7.91. The van der Waals surface area contributed by atoms with Gasteiger partial charge in [0.2, 0.25) is 0 Å². The van der Waals surface area contributed by atoms with Crippen molar-refractivity contribution in [2.24, 2.45) is 11.8 Å². The number of rotatable bonds is 6. The van der Waals surface area contributed by atoms with Crippen LogP contribution in [0.3, 0.4) is 0 Å². The molecule has 3 heteroatoms. The van der Waals surface area contributed by atoms with Gasteiger partial charge in [-0.25, -0.2) is 0 Å². The van der Waals surface area contributed by atoms with Gasteiger partial charge in [-0.2, -0.15) is 0 Å². The Morgan fingerprint density at radius 1 is 1.00 bits per heavy atom. The zero-order valence-corrected chi connectivity index (χ0v) is 16.7. The van der Waals surface area contributed by atoms with E-state index in [-0.39, 0.29) is 11.8 Å². The van der Waals surface area contributed by atoms with Crippen LogP contribution in [0.25, 0.3) is 11.1 Å². The van der Waals surface area contributed by atoms with Crippen molar-refractivity contribution in [3.05, 3.63) is 89.5 Å². The van der Waals surface area contributed by atoms with Crippen LogP contribution in [0.2, 0.25) is 0 Å². The molecule has 1 N–H and O–H groups in total. The Balaban J connectivity index is 1.38. The Bertz CT molecular complexity index is 977. The molecule has 29 heavy (non-hydrogen) atoms. The summed E-state index contributed by atoms with van der Waals surface area (Å²) in [5.41, 5.74) is 6.10. The van der Waals surface area contributed by atoms with Gasteiger partial charge in [0, 0.05) is 0 Å². The Morgan fingerprint density at radius 2 is 1.72 bits per heavy atom. The van der Waals surface area contributed by atoms with Gasteiger partial charge in [-0.05, 0) is 65.1 Å². The number of ether oxygens (including phenoxy) is 1. The minimum atomic E-state index is -0.698. The molecule has 2 atom stereocenters. The summed E-state index contributed by atoms with van der Waals surface area (Å²) in [6.45, 7) is 2.35. The number of hydrogen-bond donors (Lipinski definition) is 1. The van der Waals surface area contributed by atoms with Crippen LogP contribution in [0.5, 0.6) is 5.75 Å². The number of fused-ring (bicyclic) bond motifs is 1. The molecule has 0 saturated carbocycles. The lowest BCUT2D eigenvalue weighted by Crippen LogP contribution is -2.26. The fourth-order valence-corrected chi connectivity index (χ4v) is 4.07. The summed E-state index contributed by atoms with van der Waals surface area (Å²) in [5, 5.41) is 9.27. The van der Waals surface area contributed by atoms with Gasteiger partial charge < -0.3 is 9.84 Å². The van der Waals surface area contributed by atoms with Crippen LogP contribution in [0.4, 0.5) is 0 Å². The lowest BCUT2D eigenvalue weighted by atomic mass is 9.77. The summed E-state index contributed by atoms with van der Waals surface area (Å²) < 4.78 is 6.02. The van der Waals surface area contributed by atoms with Crippen molar-refractivity contribution < 1.29 is 14.6 Å². The van der Waals surface area contributed by atoms with E-state index < -0.39 is 5.97 Å². The first-order chi connectivity index (χ1) is 14.1. The summed E-state index contributed by atoms with van der Waals surface area (Å²) in [7, 11) is 0. The summed E-state index contributed by atoms with van der Waals surface area (Å²) in [5.74, 6) is 0.102. The third kappa shape index (κ3) is 4.51. The largest absolute Gasteiger partial charge is 0.489 e. The Hall–Kier alpha value is -3.07. The maximum absolute atomic E-state index is 11.3. The number of benzene rings is 3. The number of hydrogen-bond acceptors (Lipinski definition) is 2. The monoisotopic (exact) mass is 386 g/mol. The zero-order valence-electron chi connectivity index (χ0n) is 16.7. The Kier molecular flexibility index (Phi) is 5.66. The highest BCUT2D eigenvalue weighted by Gasteiger charge is 2.27. The van der Waals surface area contributed by atoms with E-state index in [2.05, 4.69) is 48.5 Å². The summed E-state index contributed by atoms with van der Waals surface area (Å²) >= 11 is 0. The molecule has 4 rings (SSSR count). The summed E-state index contributed by atoms with van der Waals surface area (Å²) in [4.78, 5) is 11.3. The van der Waals surface area contributed by atoms with Crippen LogP contribution in [-0.4, -0.2) is 11.1 Å². The van der Waals surface area contributed by atoms with E-state index in [0.717, 1.165) is 30.6 Å². The molecule has 3 aromatic carbocycles. The van der Waals surface area contributed by atoms with Crippen molar-refractivity contribution >= 4 is 5.97 Å². The van der Waals surface area contributed by atoms with Gasteiger partial charge in [0.25, 0.3) is 0 Å². The third-order valence-electron chi connectivity index (χ3n) is 6.01. The molecule has 0 fully saturated rings. The summed E-state index contributed by atoms with van der Waals surface area (Å²) in [6.07, 6.45) is 2.68. The minimum Gasteiger partial charge on any atom is -0.489 e. The normalized spacial score (nSPS) is 16.7. The Morgan fingerprint density at radius 3 is 2.45 bits per heavy atom. The third-order valence-corrected chi connectivity index (χ3v) is 6.01. The number of carboxylic acids is 1. The van der Waals surface area contributed by atoms with Gasteiger partial charge >= 0.3 is 5.97 Å². The standard InChI is InChI=1S/C26H26O3/c1-18(26(27)28)22-11-12-24-16-25(14-13-23(24)15-22)29-17-19-7-9-21(10-8-19)20-5-3-2-4-6-20/h2-10,13-14,16,18,22H,11-12,15,17H2,1H3,(H,27,28). The van der Waals surface area contributed by atoms with Gasteiger partial charge in [-0.15, -0.1) is 0 Å². The lowest BCUT2D eigenvalue weighted by Gasteiger charge is -2.27. The van der Waals surface area contributed by atoms with Crippen LogP contribution in [0.15, 0.2) is 72.8 Å². The van der Waals surface area contributed by atoms with Crippen LogP contribution in [0.1, 0.15) is 30.0 Å². The van der Waals surface area contributed by atoms with E-state index >= 15 is 0 Å². The van der Waals surface area contributed by atoms with Crippen LogP contribution in [0, 0.1) is 11.8 Å². The molecule has 3 nitrogen and oxygen atoms in total. The lowest BCUT2D eigenvalue weighted by molar-refractivity contribution is -0.143. The molecule has 0 aliphatic heterocycles. The van der Waals surface area contributed by atoms with E-state index in [0.29, 0.717) is 6.61 Å². The molecular formula is C26H26O3. The van der Waals surface area contributed by atoms with E-state index in [4.69, 9.17) is 4.74 Å². The number of carboxylic acid groups (broad SMARTS) is 1. The fraction of sp³-hybridized carbons (Fsp3) is 0.269. The quantitative estimate of drug-likeness (QED) is 0.586. The van der Waals surface area contributed by atoms with E-state index in [1.807, 2.05) is 31.2 Å². The summed E-state index contributed by atoms with van der Waals surface area (Å²) in [6, 6.07) is 25.1. The number of aryl methyl sites for hydroxylation is 1. The maximum atomic E-state index is 11.3. The smallest absolute Gasteiger partial charge is 0.306 e. The highest BCUT2D eigenvalue weighted by molar-refractivity contribution is 5.70. The van der Waals surface area contributed by atoms with Crippen LogP contribution in [-0.2, 0) is 24.2 Å². The average Bonchev–Trinajstić information content (AvgIpc) is 2.77. The number of carbonyl (C=O) groups is 1. The molecule has 3 aromatic rings. The topological polar surface area (TPSA) is 46.5 Å². The minimum absolute atomic E-state index is 0.217. The van der Waals surface area contributed by atoms with Gasteiger partial charge in [-0.1, -0.05) is 67.6 Å². The van der Waals surface area contributed by atoms with Crippen molar-refractivity contribution in [1.29, 1.82) is 0 Å². The first-order valence-corrected chi connectivity index (χ1v) is 10.2. The molecule has 0 heterocycles. The molecule has 1 aliphatic rings. The molecule has 0 amide bonds.